The van der Waals surface area contributed by atoms with Crippen molar-refractivity contribution in [1.29, 1.82) is 0 Å². The minimum absolute atomic E-state index is 0.106. The van der Waals surface area contributed by atoms with Crippen LogP contribution in [0.5, 0.6) is 0 Å². The first-order valence-corrected chi connectivity index (χ1v) is 8.75. The number of carbonyl (C=O) groups excluding carboxylic acids is 1. The molecule has 5 heteroatoms. The van der Waals surface area contributed by atoms with Crippen molar-refractivity contribution in [3.63, 3.8) is 0 Å². The molecule has 2 atom stereocenters. The van der Waals surface area contributed by atoms with Gasteiger partial charge in [-0.3, -0.25) is 4.79 Å². The van der Waals surface area contributed by atoms with Gasteiger partial charge in [0.1, 0.15) is 17.4 Å². The Bertz CT molecular complexity index is 861. The zero-order valence-corrected chi connectivity index (χ0v) is 14.6. The summed E-state index contributed by atoms with van der Waals surface area (Å²) in [6.45, 7) is 1.25. The maximum atomic E-state index is 12.5. The number of furan rings is 1. The van der Waals surface area contributed by atoms with Crippen molar-refractivity contribution >= 4 is 22.6 Å². The Kier molecular flexibility index (Phi) is 4.73. The van der Waals surface area contributed by atoms with E-state index in [1.165, 1.54) is 0 Å². The standard InChI is InChI=1S/C21H21NO4/c1-24-20(16-10-11-25-13-16)21(23)22-17-8-6-14(7-9-17)19-12-15-4-2-3-5-18(15)26-19/h2-9,12,16,20H,10-11,13H2,1H3,(H,22,23). The van der Waals surface area contributed by atoms with Crippen LogP contribution in [0.25, 0.3) is 22.3 Å². The van der Waals surface area contributed by atoms with Crippen molar-refractivity contribution in [2.45, 2.75) is 12.5 Å². The Morgan fingerprint density at radius 3 is 2.69 bits per heavy atom. The Labute approximate surface area is 151 Å². The molecule has 1 amide bonds. The van der Waals surface area contributed by atoms with Gasteiger partial charge in [-0.1, -0.05) is 18.2 Å². The second kappa shape index (κ2) is 7.32. The number of hydrogen-bond donors (Lipinski definition) is 1. The Hall–Kier alpha value is -2.63. The van der Waals surface area contributed by atoms with Crippen LogP contribution < -0.4 is 5.32 Å². The summed E-state index contributed by atoms with van der Waals surface area (Å²) < 4.78 is 16.6. The quantitative estimate of drug-likeness (QED) is 0.752. The largest absolute Gasteiger partial charge is 0.456 e. The normalized spacial score (nSPS) is 18.1. The lowest BCUT2D eigenvalue weighted by molar-refractivity contribution is -0.128. The molecule has 4 rings (SSSR count). The monoisotopic (exact) mass is 351 g/mol. The molecule has 1 N–H and O–H groups in total. The number of methoxy groups -OCH3 is 1. The van der Waals surface area contributed by atoms with E-state index in [9.17, 15) is 4.79 Å². The summed E-state index contributed by atoms with van der Waals surface area (Å²) in [5, 5.41) is 4.00. The summed E-state index contributed by atoms with van der Waals surface area (Å²) in [6.07, 6.45) is 0.351. The van der Waals surface area contributed by atoms with Crippen molar-refractivity contribution < 1.29 is 18.7 Å². The summed E-state index contributed by atoms with van der Waals surface area (Å²) in [4.78, 5) is 12.5. The van der Waals surface area contributed by atoms with E-state index in [1.807, 2.05) is 54.6 Å². The molecule has 0 saturated carbocycles. The van der Waals surface area contributed by atoms with Gasteiger partial charge in [0.05, 0.1) is 6.61 Å². The number of nitrogens with one attached hydrogen (secondary N) is 1. The zero-order valence-electron chi connectivity index (χ0n) is 14.6. The molecule has 0 spiro atoms. The van der Waals surface area contributed by atoms with Gasteiger partial charge in [0, 0.05) is 36.3 Å². The third kappa shape index (κ3) is 3.36. The van der Waals surface area contributed by atoms with E-state index in [4.69, 9.17) is 13.9 Å². The smallest absolute Gasteiger partial charge is 0.253 e. The first-order valence-electron chi connectivity index (χ1n) is 8.75. The number of fused-ring (bicyclic) bond motifs is 1. The van der Waals surface area contributed by atoms with Crippen molar-refractivity contribution in [3.8, 4) is 11.3 Å². The Morgan fingerprint density at radius 2 is 2.00 bits per heavy atom. The second-order valence-corrected chi connectivity index (χ2v) is 6.50. The van der Waals surface area contributed by atoms with Crippen LogP contribution in [-0.2, 0) is 14.3 Å². The highest BCUT2D eigenvalue weighted by Crippen LogP contribution is 2.28. The maximum absolute atomic E-state index is 12.5. The maximum Gasteiger partial charge on any atom is 0.253 e. The summed E-state index contributed by atoms with van der Waals surface area (Å²) in [6, 6.07) is 17.6. The van der Waals surface area contributed by atoms with Crippen molar-refractivity contribution in [3.05, 3.63) is 54.6 Å². The predicted octanol–water partition coefficient (Wildman–Crippen LogP) is 4.09. The third-order valence-electron chi connectivity index (χ3n) is 4.77. The molecular weight excluding hydrogens is 330 g/mol. The third-order valence-corrected chi connectivity index (χ3v) is 4.77. The molecular formula is C21H21NO4. The molecule has 3 aromatic rings. The molecule has 0 aliphatic carbocycles. The fraction of sp³-hybridized carbons (Fsp3) is 0.286. The van der Waals surface area contributed by atoms with Crippen LogP contribution >= 0.6 is 0 Å². The van der Waals surface area contributed by atoms with Crippen LogP contribution in [0.2, 0.25) is 0 Å². The molecule has 2 aromatic carbocycles. The minimum Gasteiger partial charge on any atom is -0.456 e. The van der Waals surface area contributed by atoms with Gasteiger partial charge < -0.3 is 19.2 Å². The highest BCUT2D eigenvalue weighted by atomic mass is 16.5. The molecule has 0 radical (unpaired) electrons. The highest BCUT2D eigenvalue weighted by Gasteiger charge is 2.31. The predicted molar refractivity (Wildman–Crippen MR) is 100 cm³/mol. The zero-order chi connectivity index (χ0) is 17.9. The van der Waals surface area contributed by atoms with E-state index in [1.54, 1.807) is 7.11 Å². The summed E-state index contributed by atoms with van der Waals surface area (Å²) in [7, 11) is 1.56. The van der Waals surface area contributed by atoms with Crippen molar-refractivity contribution in [2.75, 3.05) is 25.6 Å². The number of carbonyl (C=O) groups is 1. The summed E-state index contributed by atoms with van der Waals surface area (Å²) >= 11 is 0. The lowest BCUT2D eigenvalue weighted by Gasteiger charge is -2.20. The lowest BCUT2D eigenvalue weighted by Crippen LogP contribution is -2.36. The second-order valence-electron chi connectivity index (χ2n) is 6.50. The molecule has 5 nitrogen and oxygen atoms in total. The number of benzene rings is 2. The van der Waals surface area contributed by atoms with Crippen LogP contribution in [0.4, 0.5) is 5.69 Å². The number of rotatable bonds is 5. The molecule has 2 heterocycles. The van der Waals surface area contributed by atoms with E-state index < -0.39 is 6.10 Å². The van der Waals surface area contributed by atoms with Gasteiger partial charge in [0.2, 0.25) is 0 Å². The van der Waals surface area contributed by atoms with Crippen molar-refractivity contribution in [1.82, 2.24) is 0 Å². The van der Waals surface area contributed by atoms with Crippen LogP contribution in [0.1, 0.15) is 6.42 Å². The molecule has 2 unspecified atom stereocenters. The van der Waals surface area contributed by atoms with E-state index in [2.05, 4.69) is 5.32 Å². The van der Waals surface area contributed by atoms with Crippen LogP contribution in [0.15, 0.2) is 59.0 Å². The Morgan fingerprint density at radius 1 is 1.19 bits per heavy atom. The number of anilines is 1. The van der Waals surface area contributed by atoms with E-state index in [0.29, 0.717) is 13.2 Å². The summed E-state index contributed by atoms with van der Waals surface area (Å²) in [5.74, 6) is 0.774. The molecule has 1 aliphatic heterocycles. The highest BCUT2D eigenvalue weighted by molar-refractivity contribution is 5.94. The average Bonchev–Trinajstić information content (AvgIpc) is 3.32. The average molecular weight is 351 g/mol. The van der Waals surface area contributed by atoms with Gasteiger partial charge >= 0.3 is 0 Å². The first-order chi connectivity index (χ1) is 12.7. The van der Waals surface area contributed by atoms with Gasteiger partial charge in [0.15, 0.2) is 0 Å². The van der Waals surface area contributed by atoms with Gasteiger partial charge in [-0.2, -0.15) is 0 Å². The molecule has 26 heavy (non-hydrogen) atoms. The van der Waals surface area contributed by atoms with E-state index >= 15 is 0 Å². The number of para-hydroxylation sites is 1. The van der Waals surface area contributed by atoms with Gasteiger partial charge in [0.25, 0.3) is 5.91 Å². The number of hydrogen-bond acceptors (Lipinski definition) is 4. The lowest BCUT2D eigenvalue weighted by atomic mass is 10.0. The van der Waals surface area contributed by atoms with Gasteiger partial charge in [-0.25, -0.2) is 0 Å². The molecule has 134 valence electrons. The molecule has 1 saturated heterocycles. The first kappa shape index (κ1) is 16.8. The fourth-order valence-corrected chi connectivity index (χ4v) is 3.36. The number of ether oxygens (including phenoxy) is 2. The SMILES string of the molecule is COC(C(=O)Nc1ccc(-c2cc3ccccc3o2)cc1)C1CCOC1. The molecule has 1 aromatic heterocycles. The molecule has 0 bridgehead atoms. The van der Waals surface area contributed by atoms with E-state index in [0.717, 1.165) is 34.4 Å². The van der Waals surface area contributed by atoms with Gasteiger partial charge in [-0.15, -0.1) is 0 Å². The van der Waals surface area contributed by atoms with Crippen LogP contribution in [-0.4, -0.2) is 32.3 Å². The molecule has 1 aliphatic rings. The fourth-order valence-electron chi connectivity index (χ4n) is 3.36. The molecule has 1 fully saturated rings. The Balaban J connectivity index is 1.47. The summed E-state index contributed by atoms with van der Waals surface area (Å²) in [5.41, 5.74) is 2.56. The van der Waals surface area contributed by atoms with Crippen LogP contribution in [0, 0.1) is 5.92 Å². The van der Waals surface area contributed by atoms with Gasteiger partial charge in [-0.05, 0) is 42.8 Å². The number of amides is 1. The topological polar surface area (TPSA) is 60.7 Å². The van der Waals surface area contributed by atoms with E-state index in [-0.39, 0.29) is 11.8 Å². The minimum atomic E-state index is -0.493. The van der Waals surface area contributed by atoms with Crippen molar-refractivity contribution in [2.24, 2.45) is 5.92 Å². The van der Waals surface area contributed by atoms with Crippen LogP contribution in [0.3, 0.4) is 0 Å².